The highest BCUT2D eigenvalue weighted by Crippen LogP contribution is 2.27. The summed E-state index contributed by atoms with van der Waals surface area (Å²) in [4.78, 5) is 24.8. The molecule has 0 saturated heterocycles. The number of furan rings is 1. The van der Waals surface area contributed by atoms with E-state index in [0.29, 0.717) is 31.1 Å². The monoisotopic (exact) mass is 491 g/mol. The molecule has 0 N–H and O–H groups in total. The van der Waals surface area contributed by atoms with Gasteiger partial charge in [0.2, 0.25) is 11.7 Å². The SMILES string of the molecule is O=C(Cc1cccc2ccccc12)N(CCn1nc(-c2ccco2)nc1-c1ccncc1)C1CCCC1. The summed E-state index contributed by atoms with van der Waals surface area (Å²) in [6, 6.07) is 22.3. The molecule has 7 nitrogen and oxygen atoms in total. The molecule has 1 aliphatic carbocycles. The van der Waals surface area contributed by atoms with Gasteiger partial charge in [-0.3, -0.25) is 9.78 Å². The van der Waals surface area contributed by atoms with Crippen molar-refractivity contribution in [3.63, 3.8) is 0 Å². The van der Waals surface area contributed by atoms with Crippen molar-refractivity contribution >= 4 is 16.7 Å². The summed E-state index contributed by atoms with van der Waals surface area (Å²) in [5, 5.41) is 7.07. The normalized spacial score (nSPS) is 13.8. The van der Waals surface area contributed by atoms with Crippen LogP contribution in [0.1, 0.15) is 31.2 Å². The van der Waals surface area contributed by atoms with E-state index < -0.39 is 0 Å². The number of carbonyl (C=O) groups excluding carboxylic acids is 1. The fourth-order valence-corrected chi connectivity index (χ4v) is 5.36. The van der Waals surface area contributed by atoms with Crippen LogP contribution in [0.2, 0.25) is 0 Å². The van der Waals surface area contributed by atoms with Crippen LogP contribution < -0.4 is 0 Å². The van der Waals surface area contributed by atoms with Crippen LogP contribution in [0.5, 0.6) is 0 Å². The van der Waals surface area contributed by atoms with E-state index in [-0.39, 0.29) is 11.9 Å². The fraction of sp³-hybridized carbons (Fsp3) is 0.267. The van der Waals surface area contributed by atoms with Crippen LogP contribution in [0.3, 0.4) is 0 Å². The summed E-state index contributed by atoms with van der Waals surface area (Å²) in [5.74, 6) is 2.06. The van der Waals surface area contributed by atoms with Gasteiger partial charge >= 0.3 is 0 Å². The molecular weight excluding hydrogens is 462 g/mol. The molecule has 0 radical (unpaired) electrons. The second kappa shape index (κ2) is 10.4. The molecule has 3 aromatic heterocycles. The lowest BCUT2D eigenvalue weighted by molar-refractivity contribution is -0.132. The fourth-order valence-electron chi connectivity index (χ4n) is 5.36. The van der Waals surface area contributed by atoms with E-state index in [1.54, 1.807) is 18.7 Å². The Bertz CT molecular complexity index is 1480. The Hall–Kier alpha value is -4.26. The molecule has 186 valence electrons. The summed E-state index contributed by atoms with van der Waals surface area (Å²) in [5.41, 5.74) is 2.00. The van der Waals surface area contributed by atoms with E-state index in [4.69, 9.17) is 14.5 Å². The number of amides is 1. The van der Waals surface area contributed by atoms with Crippen LogP contribution in [-0.4, -0.2) is 43.1 Å². The van der Waals surface area contributed by atoms with Gasteiger partial charge in [-0.15, -0.1) is 5.10 Å². The van der Waals surface area contributed by atoms with Gasteiger partial charge in [0, 0.05) is 30.5 Å². The lowest BCUT2D eigenvalue weighted by Gasteiger charge is -2.29. The molecule has 37 heavy (non-hydrogen) atoms. The Kier molecular flexibility index (Phi) is 6.50. The van der Waals surface area contributed by atoms with Crippen molar-refractivity contribution < 1.29 is 9.21 Å². The van der Waals surface area contributed by atoms with Crippen molar-refractivity contribution in [2.45, 2.75) is 44.7 Å². The van der Waals surface area contributed by atoms with Gasteiger partial charge in [-0.2, -0.15) is 0 Å². The quantitative estimate of drug-likeness (QED) is 0.276. The van der Waals surface area contributed by atoms with Gasteiger partial charge < -0.3 is 9.32 Å². The first-order valence-corrected chi connectivity index (χ1v) is 12.9. The largest absolute Gasteiger partial charge is 0.461 e. The van der Waals surface area contributed by atoms with Crippen LogP contribution in [0, 0.1) is 0 Å². The highest BCUT2D eigenvalue weighted by molar-refractivity contribution is 5.90. The number of pyridine rings is 1. The maximum Gasteiger partial charge on any atom is 0.227 e. The van der Waals surface area contributed by atoms with Gasteiger partial charge in [-0.1, -0.05) is 55.3 Å². The molecule has 3 heterocycles. The van der Waals surface area contributed by atoms with Gasteiger partial charge in [0.1, 0.15) is 0 Å². The van der Waals surface area contributed by atoms with Crippen molar-refractivity contribution in [3.05, 3.63) is 91.0 Å². The van der Waals surface area contributed by atoms with Gasteiger partial charge in [0.05, 0.1) is 19.2 Å². The average molecular weight is 492 g/mol. The van der Waals surface area contributed by atoms with Gasteiger partial charge in [-0.25, -0.2) is 9.67 Å². The Labute approximate surface area is 215 Å². The average Bonchev–Trinajstić information content (AvgIpc) is 3.72. The molecule has 0 aliphatic heterocycles. The summed E-state index contributed by atoms with van der Waals surface area (Å²) in [7, 11) is 0. The second-order valence-corrected chi connectivity index (χ2v) is 9.54. The molecule has 0 bridgehead atoms. The standard InChI is InChI=1S/C30H29N5O2/c36-28(21-24-9-5-8-22-7-1-4-12-26(22)24)34(25-10-2-3-11-25)18-19-35-30(23-14-16-31-17-15-23)32-29(33-35)27-13-6-20-37-27/h1,4-9,12-17,20,25H,2-3,10-11,18-19,21H2. The van der Waals surface area contributed by atoms with E-state index >= 15 is 0 Å². The number of carbonyl (C=O) groups is 1. The van der Waals surface area contributed by atoms with Gasteiger partial charge in [0.15, 0.2) is 11.6 Å². The molecular formula is C30H29N5O2. The first kappa shape index (κ1) is 23.2. The van der Waals surface area contributed by atoms with Crippen molar-refractivity contribution in [3.8, 4) is 23.0 Å². The number of fused-ring (bicyclic) bond motifs is 1. The van der Waals surface area contributed by atoms with E-state index in [9.17, 15) is 4.79 Å². The predicted molar refractivity (Wildman–Crippen MR) is 143 cm³/mol. The highest BCUT2D eigenvalue weighted by Gasteiger charge is 2.27. The topological polar surface area (TPSA) is 77.0 Å². The molecule has 7 heteroatoms. The highest BCUT2D eigenvalue weighted by atomic mass is 16.3. The molecule has 2 aromatic carbocycles. The van der Waals surface area contributed by atoms with E-state index in [1.807, 2.05) is 47.1 Å². The Morgan fingerprint density at radius 2 is 1.78 bits per heavy atom. The summed E-state index contributed by atoms with van der Waals surface area (Å²) >= 11 is 0. The number of hydrogen-bond acceptors (Lipinski definition) is 5. The number of nitrogens with zero attached hydrogens (tertiary/aromatic N) is 5. The second-order valence-electron chi connectivity index (χ2n) is 9.54. The van der Waals surface area contributed by atoms with Gasteiger partial charge in [-0.05, 0) is 53.4 Å². The lowest BCUT2D eigenvalue weighted by atomic mass is 10.0. The Balaban J connectivity index is 1.28. The first-order chi connectivity index (χ1) is 18.3. The van der Waals surface area contributed by atoms with Crippen LogP contribution >= 0.6 is 0 Å². The van der Waals surface area contributed by atoms with Crippen molar-refractivity contribution in [1.29, 1.82) is 0 Å². The summed E-state index contributed by atoms with van der Waals surface area (Å²) < 4.78 is 7.44. The molecule has 0 atom stereocenters. The maximum atomic E-state index is 13.8. The Morgan fingerprint density at radius 1 is 0.973 bits per heavy atom. The smallest absolute Gasteiger partial charge is 0.227 e. The zero-order chi connectivity index (χ0) is 25.0. The maximum absolute atomic E-state index is 13.8. The van der Waals surface area contributed by atoms with Crippen LogP contribution in [0.4, 0.5) is 0 Å². The third-order valence-electron chi connectivity index (χ3n) is 7.21. The van der Waals surface area contributed by atoms with E-state index in [1.165, 1.54) is 0 Å². The molecule has 1 aliphatic rings. The molecule has 5 aromatic rings. The number of aromatic nitrogens is 4. The minimum atomic E-state index is 0.167. The molecule has 1 amide bonds. The van der Waals surface area contributed by atoms with E-state index in [0.717, 1.165) is 53.4 Å². The minimum absolute atomic E-state index is 0.167. The van der Waals surface area contributed by atoms with Crippen LogP contribution in [0.15, 0.2) is 89.8 Å². The molecule has 0 spiro atoms. The first-order valence-electron chi connectivity index (χ1n) is 12.9. The zero-order valence-electron chi connectivity index (χ0n) is 20.7. The van der Waals surface area contributed by atoms with Crippen LogP contribution in [0.25, 0.3) is 33.7 Å². The molecule has 1 fully saturated rings. The number of hydrogen-bond donors (Lipinski definition) is 0. The number of benzene rings is 2. The third kappa shape index (κ3) is 4.89. The summed E-state index contributed by atoms with van der Waals surface area (Å²) in [6.45, 7) is 1.12. The summed E-state index contributed by atoms with van der Waals surface area (Å²) in [6.07, 6.45) is 9.94. The molecule has 6 rings (SSSR count). The predicted octanol–water partition coefficient (Wildman–Crippen LogP) is 5.77. The van der Waals surface area contributed by atoms with Crippen molar-refractivity contribution in [2.24, 2.45) is 0 Å². The lowest BCUT2D eigenvalue weighted by Crippen LogP contribution is -2.42. The van der Waals surface area contributed by atoms with Crippen molar-refractivity contribution in [1.82, 2.24) is 24.6 Å². The minimum Gasteiger partial charge on any atom is -0.461 e. The zero-order valence-corrected chi connectivity index (χ0v) is 20.7. The van der Waals surface area contributed by atoms with Crippen molar-refractivity contribution in [2.75, 3.05) is 6.54 Å². The molecule has 1 saturated carbocycles. The number of rotatable bonds is 8. The van der Waals surface area contributed by atoms with Gasteiger partial charge in [0.25, 0.3) is 0 Å². The van der Waals surface area contributed by atoms with Crippen LogP contribution in [-0.2, 0) is 17.8 Å². The molecule has 0 unspecified atom stereocenters. The third-order valence-corrected chi connectivity index (χ3v) is 7.21. The van der Waals surface area contributed by atoms with E-state index in [2.05, 4.69) is 34.1 Å². The Morgan fingerprint density at radius 3 is 2.59 bits per heavy atom.